The molecule has 0 aliphatic heterocycles. The molecule has 78 valence electrons. The van der Waals surface area contributed by atoms with Crippen LogP contribution in [0.1, 0.15) is 41.5 Å². The Labute approximate surface area is 87.5 Å². The van der Waals surface area contributed by atoms with Gasteiger partial charge >= 0.3 is 0 Å². The van der Waals surface area contributed by atoms with E-state index < -0.39 is 0 Å². The van der Waals surface area contributed by atoms with Crippen LogP contribution in [0.4, 0.5) is 0 Å². The number of hydrogen-bond acceptors (Lipinski definition) is 0. The van der Waals surface area contributed by atoms with Crippen LogP contribution in [0, 0.1) is 45.3 Å². The molecule has 5 aliphatic rings. The smallest absolute Gasteiger partial charge is 0.0181 e. The van der Waals surface area contributed by atoms with E-state index in [1.54, 1.807) is 0 Å². The van der Waals surface area contributed by atoms with E-state index in [0.717, 1.165) is 29.1 Å². The predicted molar refractivity (Wildman–Crippen MR) is 57.7 cm³/mol. The van der Waals surface area contributed by atoms with Crippen LogP contribution in [0.15, 0.2) is 0 Å². The molecular weight excluding hydrogens is 168 g/mol. The van der Waals surface area contributed by atoms with Crippen molar-refractivity contribution in [3.05, 3.63) is 0 Å². The van der Waals surface area contributed by atoms with Gasteiger partial charge in [-0.2, -0.15) is 0 Å². The highest BCUT2D eigenvalue weighted by Gasteiger charge is 3.02. The molecule has 5 aliphatic carbocycles. The first kappa shape index (κ1) is 8.19. The average Bonchev–Trinajstić information content (AvgIpc) is 2.52. The van der Waals surface area contributed by atoms with Crippen molar-refractivity contribution < 1.29 is 0 Å². The van der Waals surface area contributed by atoms with Gasteiger partial charge in [-0.05, 0) is 45.3 Å². The Morgan fingerprint density at radius 1 is 0.786 bits per heavy atom. The maximum Gasteiger partial charge on any atom is -0.0181 e. The van der Waals surface area contributed by atoms with E-state index >= 15 is 0 Å². The largest absolute Gasteiger partial charge is 0.0616 e. The third kappa shape index (κ3) is 0.323. The van der Waals surface area contributed by atoms with E-state index in [1.165, 1.54) is 0 Å². The molecule has 7 unspecified atom stereocenters. The Morgan fingerprint density at radius 2 is 1.36 bits per heavy atom. The van der Waals surface area contributed by atoms with Gasteiger partial charge in [-0.3, -0.25) is 0 Å². The summed E-state index contributed by atoms with van der Waals surface area (Å²) in [5.74, 6) is 4.26. The Bertz CT molecular complexity index is 365. The summed E-state index contributed by atoms with van der Waals surface area (Å²) in [6.07, 6.45) is 0. The van der Waals surface area contributed by atoms with Crippen LogP contribution in [0.3, 0.4) is 0 Å². The van der Waals surface area contributed by atoms with E-state index in [-0.39, 0.29) is 0 Å². The monoisotopic (exact) mass is 190 g/mol. The third-order valence-corrected chi connectivity index (χ3v) is 8.53. The van der Waals surface area contributed by atoms with Gasteiger partial charge in [-0.15, -0.1) is 0 Å². The van der Waals surface area contributed by atoms with Gasteiger partial charge < -0.3 is 0 Å². The lowest BCUT2D eigenvalue weighted by molar-refractivity contribution is -0.0523. The van der Waals surface area contributed by atoms with Gasteiger partial charge in [-0.25, -0.2) is 0 Å². The summed E-state index contributed by atoms with van der Waals surface area (Å²) in [4.78, 5) is 0. The molecule has 3 bridgehead atoms. The molecule has 0 heterocycles. The van der Waals surface area contributed by atoms with Crippen molar-refractivity contribution in [3.63, 3.8) is 0 Å². The minimum absolute atomic E-state index is 0.582. The molecule has 0 radical (unpaired) electrons. The van der Waals surface area contributed by atoms with Gasteiger partial charge in [0.05, 0.1) is 0 Å². The fourth-order valence-electron chi connectivity index (χ4n) is 7.54. The molecule has 0 N–H and O–H groups in total. The Hall–Kier alpha value is 0. The van der Waals surface area contributed by atoms with Gasteiger partial charge in [0.2, 0.25) is 0 Å². The number of hydrogen-bond donors (Lipinski definition) is 0. The predicted octanol–water partition coefficient (Wildman–Crippen LogP) is 3.57. The minimum Gasteiger partial charge on any atom is -0.0616 e. The van der Waals surface area contributed by atoms with E-state index in [1.807, 2.05) is 0 Å². The molecule has 0 aromatic heterocycles. The summed E-state index contributed by atoms with van der Waals surface area (Å²) in [6.45, 7) is 15.4. The fraction of sp³-hybridized carbons (Fsp3) is 1.00. The molecule has 7 atom stereocenters. The first-order valence-corrected chi connectivity index (χ1v) is 6.27. The van der Waals surface area contributed by atoms with E-state index in [2.05, 4.69) is 41.5 Å². The molecule has 14 heavy (non-hydrogen) atoms. The van der Waals surface area contributed by atoms with Gasteiger partial charge in [0.15, 0.2) is 0 Å². The molecule has 5 fully saturated rings. The van der Waals surface area contributed by atoms with Crippen LogP contribution in [0.5, 0.6) is 0 Å². The Kier molecular flexibility index (Phi) is 0.845. The normalized spacial score (nSPS) is 80.1. The molecule has 0 amide bonds. The lowest BCUT2D eigenvalue weighted by Crippen LogP contribution is -2.48. The van der Waals surface area contributed by atoms with Crippen molar-refractivity contribution in [1.29, 1.82) is 0 Å². The van der Waals surface area contributed by atoms with E-state index in [4.69, 9.17) is 0 Å². The highest BCUT2D eigenvalue weighted by molar-refractivity contribution is 5.48. The summed E-state index contributed by atoms with van der Waals surface area (Å²) < 4.78 is 0. The third-order valence-electron chi connectivity index (χ3n) is 8.53. The van der Waals surface area contributed by atoms with Crippen molar-refractivity contribution >= 4 is 0 Å². The lowest BCUT2D eigenvalue weighted by Gasteiger charge is -2.52. The molecule has 0 saturated heterocycles. The van der Waals surface area contributed by atoms with E-state index in [0.29, 0.717) is 16.2 Å². The highest BCUT2D eigenvalue weighted by atomic mass is 15.1. The zero-order valence-electron chi connectivity index (χ0n) is 10.3. The molecule has 0 aromatic rings. The standard InChI is InChI=1S/C14H22/c1-7-8-9-10-12(8,4)11(2,3)14(7,6)13(9,10)5/h7-10H,1-6H3. The second-order valence-corrected chi connectivity index (χ2v) is 7.71. The summed E-state index contributed by atoms with van der Waals surface area (Å²) in [5.41, 5.74) is 2.64. The minimum atomic E-state index is 0.582. The summed E-state index contributed by atoms with van der Waals surface area (Å²) in [6, 6.07) is 0. The van der Waals surface area contributed by atoms with Gasteiger partial charge in [0.1, 0.15) is 0 Å². The lowest BCUT2D eigenvalue weighted by atomic mass is 9.52. The van der Waals surface area contributed by atoms with Gasteiger partial charge in [0, 0.05) is 0 Å². The van der Waals surface area contributed by atoms with Crippen LogP contribution in [0.2, 0.25) is 0 Å². The van der Waals surface area contributed by atoms with Crippen LogP contribution in [0.25, 0.3) is 0 Å². The topological polar surface area (TPSA) is 0 Å². The van der Waals surface area contributed by atoms with Crippen LogP contribution in [-0.2, 0) is 0 Å². The highest BCUT2D eigenvalue weighted by Crippen LogP contribution is 3.05. The molecule has 0 spiro atoms. The molecule has 0 nitrogen and oxygen atoms in total. The van der Waals surface area contributed by atoms with Crippen molar-refractivity contribution in [3.8, 4) is 0 Å². The van der Waals surface area contributed by atoms with E-state index in [9.17, 15) is 0 Å². The van der Waals surface area contributed by atoms with Crippen molar-refractivity contribution in [1.82, 2.24) is 0 Å². The molecule has 5 saturated carbocycles. The average molecular weight is 190 g/mol. The Balaban J connectivity index is 2.07. The zero-order valence-corrected chi connectivity index (χ0v) is 10.3. The fourth-order valence-corrected chi connectivity index (χ4v) is 7.54. The van der Waals surface area contributed by atoms with Gasteiger partial charge in [0.25, 0.3) is 0 Å². The van der Waals surface area contributed by atoms with Crippen LogP contribution in [-0.4, -0.2) is 0 Å². The molecule has 0 aromatic carbocycles. The summed E-state index contributed by atoms with van der Waals surface area (Å²) in [5, 5.41) is 0. The molecule has 5 rings (SSSR count). The summed E-state index contributed by atoms with van der Waals surface area (Å²) >= 11 is 0. The number of rotatable bonds is 0. The first-order chi connectivity index (χ1) is 6.27. The Morgan fingerprint density at radius 3 is 1.57 bits per heavy atom. The van der Waals surface area contributed by atoms with Crippen molar-refractivity contribution in [2.24, 2.45) is 45.3 Å². The second kappa shape index (κ2) is 1.44. The summed E-state index contributed by atoms with van der Waals surface area (Å²) in [7, 11) is 0. The SMILES string of the molecule is CC1C2C3C4C2(C)C(C)(C)C1(C)C34C. The van der Waals surface area contributed by atoms with Gasteiger partial charge in [-0.1, -0.05) is 41.5 Å². The maximum atomic E-state index is 2.60. The van der Waals surface area contributed by atoms with Crippen LogP contribution < -0.4 is 0 Å². The zero-order chi connectivity index (χ0) is 10.3. The molecular formula is C14H22. The molecule has 0 heteroatoms. The second-order valence-electron chi connectivity index (χ2n) is 7.71. The van der Waals surface area contributed by atoms with Crippen LogP contribution >= 0.6 is 0 Å². The van der Waals surface area contributed by atoms with Crippen molar-refractivity contribution in [2.45, 2.75) is 41.5 Å². The first-order valence-electron chi connectivity index (χ1n) is 6.27. The maximum absolute atomic E-state index is 2.60. The van der Waals surface area contributed by atoms with Crippen molar-refractivity contribution in [2.75, 3.05) is 0 Å². The quantitative estimate of drug-likeness (QED) is 0.548.